The number of halogens is 4. The summed E-state index contributed by atoms with van der Waals surface area (Å²) in [5, 5.41) is 9.63. The number of esters is 1. The van der Waals surface area contributed by atoms with E-state index in [2.05, 4.69) is 25.7 Å². The van der Waals surface area contributed by atoms with E-state index in [1.54, 1.807) is 6.92 Å². The molecule has 1 rings (SSSR count). The maximum atomic E-state index is 12.1. The van der Waals surface area contributed by atoms with E-state index in [9.17, 15) is 23.1 Å². The molecule has 5 nitrogen and oxygen atoms in total. The lowest BCUT2D eigenvalue weighted by atomic mass is 10.1. The normalized spacial score (nSPS) is 11.2. The Labute approximate surface area is 120 Å². The van der Waals surface area contributed by atoms with Crippen LogP contribution in [0.25, 0.3) is 0 Å². The molecule has 112 valence electrons. The molecule has 0 aromatic carbocycles. The molecule has 1 aromatic heterocycles. The van der Waals surface area contributed by atoms with Gasteiger partial charge in [0.25, 0.3) is 5.88 Å². The zero-order valence-corrected chi connectivity index (χ0v) is 11.9. The molecule has 0 spiro atoms. The molecule has 0 fully saturated rings. The summed E-state index contributed by atoms with van der Waals surface area (Å²) in [7, 11) is 0. The van der Waals surface area contributed by atoms with Gasteiger partial charge in [-0.25, -0.2) is 4.98 Å². The number of carbonyl (C=O) groups is 1. The third-order valence-electron chi connectivity index (χ3n) is 2.11. The smallest absolute Gasteiger partial charge is 0.503 e. The average Bonchev–Trinajstić information content (AvgIpc) is 2.31. The molecule has 0 bridgehead atoms. The molecule has 0 radical (unpaired) electrons. The van der Waals surface area contributed by atoms with Gasteiger partial charge in [0.15, 0.2) is 5.75 Å². The van der Waals surface area contributed by atoms with Gasteiger partial charge in [-0.05, 0) is 18.6 Å². The lowest BCUT2D eigenvalue weighted by Crippen LogP contribution is -2.19. The standard InChI is InChI=1S/C11H11BrF3NO4/c1-2-19-9(18)4-7-6(5-12)3-8(17)10(16-7)20-11(13,14)15/h3,17H,2,4-5H2,1H3. The van der Waals surface area contributed by atoms with Crippen molar-refractivity contribution < 1.29 is 32.5 Å². The monoisotopic (exact) mass is 357 g/mol. The minimum atomic E-state index is -4.98. The molecule has 0 saturated carbocycles. The van der Waals surface area contributed by atoms with Crippen molar-refractivity contribution in [1.82, 2.24) is 4.98 Å². The third kappa shape index (κ3) is 4.87. The van der Waals surface area contributed by atoms with Gasteiger partial charge in [0.05, 0.1) is 18.7 Å². The summed E-state index contributed by atoms with van der Waals surface area (Å²) in [6, 6.07) is 1.05. The molecule has 0 aliphatic carbocycles. The molecule has 9 heteroatoms. The lowest BCUT2D eigenvalue weighted by Gasteiger charge is -2.13. The van der Waals surface area contributed by atoms with Crippen molar-refractivity contribution >= 4 is 21.9 Å². The number of aromatic hydroxyl groups is 1. The molecule has 0 saturated heterocycles. The Bertz CT molecular complexity index is 493. The van der Waals surface area contributed by atoms with E-state index in [1.807, 2.05) is 0 Å². The Morgan fingerprint density at radius 3 is 2.65 bits per heavy atom. The predicted octanol–water partition coefficient (Wildman–Crippen LogP) is 2.69. The first-order valence-electron chi connectivity index (χ1n) is 5.46. The number of hydrogen-bond acceptors (Lipinski definition) is 5. The van der Waals surface area contributed by atoms with E-state index in [0.717, 1.165) is 6.07 Å². The molecule has 1 N–H and O–H groups in total. The Kier molecular flexibility index (Phi) is 5.61. The topological polar surface area (TPSA) is 68.7 Å². The van der Waals surface area contributed by atoms with Crippen molar-refractivity contribution in [3.05, 3.63) is 17.3 Å². The van der Waals surface area contributed by atoms with Gasteiger partial charge in [-0.15, -0.1) is 13.2 Å². The van der Waals surface area contributed by atoms with Crippen LogP contribution in [0.2, 0.25) is 0 Å². The fourth-order valence-electron chi connectivity index (χ4n) is 1.36. The summed E-state index contributed by atoms with van der Waals surface area (Å²) in [4.78, 5) is 14.9. The van der Waals surface area contributed by atoms with Gasteiger partial charge >= 0.3 is 12.3 Å². The van der Waals surface area contributed by atoms with Gasteiger partial charge in [-0.2, -0.15) is 0 Å². The van der Waals surface area contributed by atoms with E-state index in [4.69, 9.17) is 4.74 Å². The van der Waals surface area contributed by atoms with Crippen molar-refractivity contribution in [3.8, 4) is 11.6 Å². The van der Waals surface area contributed by atoms with Gasteiger partial charge in [-0.3, -0.25) is 4.79 Å². The van der Waals surface area contributed by atoms with Crippen LogP contribution in [-0.4, -0.2) is 29.0 Å². The molecule has 1 aromatic rings. The van der Waals surface area contributed by atoms with E-state index in [-0.39, 0.29) is 24.1 Å². The Balaban J connectivity index is 3.08. The number of alkyl halides is 4. The lowest BCUT2D eigenvalue weighted by molar-refractivity contribution is -0.276. The number of ether oxygens (including phenoxy) is 2. The molecular formula is C11H11BrF3NO4. The van der Waals surface area contributed by atoms with Crippen LogP contribution < -0.4 is 4.74 Å². The Morgan fingerprint density at radius 2 is 2.15 bits per heavy atom. The number of nitrogens with zero attached hydrogens (tertiary/aromatic N) is 1. The Morgan fingerprint density at radius 1 is 1.50 bits per heavy atom. The number of carbonyl (C=O) groups excluding carboxylic acids is 1. The molecule has 0 atom stereocenters. The van der Waals surface area contributed by atoms with Gasteiger partial charge in [-0.1, -0.05) is 15.9 Å². The molecule has 0 aliphatic heterocycles. The minimum absolute atomic E-state index is 0.0392. The van der Waals surface area contributed by atoms with Crippen LogP contribution >= 0.6 is 15.9 Å². The number of hydrogen-bond donors (Lipinski definition) is 1. The quantitative estimate of drug-likeness (QED) is 0.648. The second-order valence-corrected chi connectivity index (χ2v) is 4.14. The Hall–Kier alpha value is -1.51. The van der Waals surface area contributed by atoms with Crippen molar-refractivity contribution in [2.24, 2.45) is 0 Å². The third-order valence-corrected chi connectivity index (χ3v) is 2.71. The van der Waals surface area contributed by atoms with Crippen LogP contribution in [0.15, 0.2) is 6.07 Å². The first kappa shape index (κ1) is 16.5. The van der Waals surface area contributed by atoms with E-state index in [0.29, 0.717) is 5.56 Å². The summed E-state index contributed by atoms with van der Waals surface area (Å²) in [6.07, 6.45) is -5.30. The van der Waals surface area contributed by atoms with Crippen molar-refractivity contribution in [2.75, 3.05) is 6.61 Å². The molecular weight excluding hydrogens is 347 g/mol. The van der Waals surface area contributed by atoms with Crippen LogP contribution in [0.1, 0.15) is 18.2 Å². The van der Waals surface area contributed by atoms with Crippen molar-refractivity contribution in [2.45, 2.75) is 25.0 Å². The van der Waals surface area contributed by atoms with Crippen LogP contribution in [-0.2, 0) is 21.3 Å². The number of rotatable bonds is 5. The van der Waals surface area contributed by atoms with Gasteiger partial charge in [0, 0.05) is 5.33 Å². The maximum absolute atomic E-state index is 12.1. The zero-order valence-electron chi connectivity index (χ0n) is 10.3. The molecule has 0 unspecified atom stereocenters. The summed E-state index contributed by atoms with van der Waals surface area (Å²) < 4.78 is 44.7. The average molecular weight is 358 g/mol. The minimum Gasteiger partial charge on any atom is -0.503 e. The second-order valence-electron chi connectivity index (χ2n) is 3.58. The zero-order chi connectivity index (χ0) is 15.3. The van der Waals surface area contributed by atoms with E-state index in [1.165, 1.54) is 0 Å². The van der Waals surface area contributed by atoms with Crippen LogP contribution in [0, 0.1) is 0 Å². The largest absolute Gasteiger partial charge is 0.574 e. The van der Waals surface area contributed by atoms with Gasteiger partial charge in [0.1, 0.15) is 0 Å². The van der Waals surface area contributed by atoms with Crippen LogP contribution in [0.4, 0.5) is 13.2 Å². The highest BCUT2D eigenvalue weighted by Gasteiger charge is 2.33. The first-order valence-corrected chi connectivity index (χ1v) is 6.58. The second kappa shape index (κ2) is 6.78. The summed E-state index contributed by atoms with van der Waals surface area (Å²) >= 11 is 3.09. The fraction of sp³-hybridized carbons (Fsp3) is 0.455. The predicted molar refractivity (Wildman–Crippen MR) is 65.6 cm³/mol. The van der Waals surface area contributed by atoms with Gasteiger partial charge < -0.3 is 14.6 Å². The van der Waals surface area contributed by atoms with E-state index >= 15 is 0 Å². The van der Waals surface area contributed by atoms with Crippen molar-refractivity contribution in [3.63, 3.8) is 0 Å². The van der Waals surface area contributed by atoms with Gasteiger partial charge in [0.2, 0.25) is 0 Å². The van der Waals surface area contributed by atoms with Crippen molar-refractivity contribution in [1.29, 1.82) is 0 Å². The summed E-state index contributed by atoms with van der Waals surface area (Å²) in [6.45, 7) is 1.75. The van der Waals surface area contributed by atoms with E-state index < -0.39 is 24.0 Å². The SMILES string of the molecule is CCOC(=O)Cc1nc(OC(F)(F)F)c(O)cc1CBr. The number of pyridine rings is 1. The van der Waals surface area contributed by atoms with Crippen LogP contribution in [0.3, 0.4) is 0 Å². The molecule has 20 heavy (non-hydrogen) atoms. The summed E-state index contributed by atoms with van der Waals surface area (Å²) in [5.74, 6) is -2.39. The first-order chi connectivity index (χ1) is 9.26. The maximum Gasteiger partial charge on any atom is 0.574 e. The highest BCUT2D eigenvalue weighted by molar-refractivity contribution is 9.08. The fourth-order valence-corrected chi connectivity index (χ4v) is 1.85. The highest BCUT2D eigenvalue weighted by Crippen LogP contribution is 2.32. The molecule has 0 aliphatic rings. The van der Waals surface area contributed by atoms with Crippen LogP contribution in [0.5, 0.6) is 11.6 Å². The molecule has 0 amide bonds. The number of aromatic nitrogens is 1. The highest BCUT2D eigenvalue weighted by atomic mass is 79.9. The summed E-state index contributed by atoms with van der Waals surface area (Å²) in [5.41, 5.74) is 0.405. The molecule has 1 heterocycles.